The van der Waals surface area contributed by atoms with E-state index >= 15 is 0 Å². The van der Waals surface area contributed by atoms with Crippen LogP contribution in [0.25, 0.3) is 0 Å². The molecule has 1 N–H and O–H groups in total. The third-order valence-corrected chi connectivity index (χ3v) is 1.36. The van der Waals surface area contributed by atoms with Gasteiger partial charge in [0.25, 0.3) is 0 Å². The smallest absolute Gasteiger partial charge is 0.277 e. The number of unbranched alkanes of at least 4 members (excludes halogenated alkanes) is 4. The van der Waals surface area contributed by atoms with Crippen molar-refractivity contribution in [3.63, 3.8) is 0 Å². The van der Waals surface area contributed by atoms with Gasteiger partial charge in [-0.05, 0) is 6.42 Å². The summed E-state index contributed by atoms with van der Waals surface area (Å²) >= 11 is 0. The van der Waals surface area contributed by atoms with Crippen LogP contribution >= 0.6 is 0 Å². The van der Waals surface area contributed by atoms with Crippen molar-refractivity contribution in [1.82, 2.24) is 5.32 Å². The minimum atomic E-state index is 0.870. The average molecular weight is 152 g/mol. The molecule has 0 aliphatic heterocycles. The maximum atomic E-state index is 9.60. The Bertz CT molecular complexity index is 143. The molecule has 11 heavy (non-hydrogen) atoms. The van der Waals surface area contributed by atoms with E-state index < -0.39 is 0 Å². The van der Waals surface area contributed by atoms with Gasteiger partial charge >= 0.3 is 6.41 Å². The van der Waals surface area contributed by atoms with Gasteiger partial charge in [-0.2, -0.15) is 0 Å². The maximum Gasteiger partial charge on any atom is 0.321 e. The predicted octanol–water partition coefficient (Wildman–Crippen LogP) is 1.57. The normalized spacial score (nSPS) is 8.09. The summed E-state index contributed by atoms with van der Waals surface area (Å²) in [5, 5.41) is 2.17. The van der Waals surface area contributed by atoms with Crippen molar-refractivity contribution in [2.45, 2.75) is 39.0 Å². The number of carbonyl (C=O) groups excluding carboxylic acids is 1. The molecule has 0 aliphatic rings. The summed E-state index contributed by atoms with van der Waals surface area (Å²) in [6.07, 6.45) is 7.24. The van der Waals surface area contributed by atoms with Gasteiger partial charge in [-0.25, -0.2) is 0 Å². The Morgan fingerprint density at radius 3 is 2.73 bits per heavy atom. The van der Waals surface area contributed by atoms with Gasteiger partial charge in [0.15, 0.2) is 0 Å². The molecule has 0 aromatic heterocycles. The van der Waals surface area contributed by atoms with Crippen molar-refractivity contribution in [2.24, 2.45) is 0 Å². The van der Waals surface area contributed by atoms with E-state index in [0.29, 0.717) is 0 Å². The molecule has 2 heteroatoms. The molecule has 0 heterocycles. The molecule has 0 rings (SSSR count). The zero-order chi connectivity index (χ0) is 8.36. The molecule has 0 aromatic rings. The molecule has 0 saturated carbocycles. The summed E-state index contributed by atoms with van der Waals surface area (Å²) in [5.41, 5.74) is 0. The maximum absolute atomic E-state index is 9.60. The summed E-state index contributed by atoms with van der Waals surface area (Å²) in [7, 11) is 0. The Morgan fingerprint density at radius 1 is 1.27 bits per heavy atom. The van der Waals surface area contributed by atoms with Gasteiger partial charge in [-0.3, -0.25) is 10.1 Å². The van der Waals surface area contributed by atoms with Crippen molar-refractivity contribution < 1.29 is 4.79 Å². The molecular formula is C9H14NO. The van der Waals surface area contributed by atoms with Crippen LogP contribution in [0.4, 0.5) is 0 Å². The van der Waals surface area contributed by atoms with Crippen LogP contribution in [0, 0.1) is 12.0 Å². The Hall–Kier alpha value is -0.970. The Balaban J connectivity index is 3.02. The van der Waals surface area contributed by atoms with Crippen molar-refractivity contribution in [3.05, 3.63) is 0 Å². The first-order valence-electron chi connectivity index (χ1n) is 4.01. The Morgan fingerprint density at radius 2 is 2.09 bits per heavy atom. The van der Waals surface area contributed by atoms with Crippen molar-refractivity contribution in [1.29, 1.82) is 0 Å². The quantitative estimate of drug-likeness (QED) is 0.361. The first kappa shape index (κ1) is 10.0. The van der Waals surface area contributed by atoms with E-state index in [-0.39, 0.29) is 0 Å². The average Bonchev–Trinajstić information content (AvgIpc) is 2.03. The standard InChI is InChI=1S/C9H14NO/c1-2-3-4-5-6-7-8-10-9-11/h2-6H2,1H3,(H,10,11). The highest BCUT2D eigenvalue weighted by molar-refractivity contribution is 5.50. The van der Waals surface area contributed by atoms with E-state index in [1.165, 1.54) is 25.7 Å². The lowest BCUT2D eigenvalue weighted by molar-refractivity contribution is 0.551. The highest BCUT2D eigenvalue weighted by Gasteiger charge is 1.83. The van der Waals surface area contributed by atoms with Crippen LogP contribution in [-0.4, -0.2) is 6.41 Å². The van der Waals surface area contributed by atoms with Crippen LogP contribution in [0.15, 0.2) is 0 Å². The molecule has 61 valence electrons. The van der Waals surface area contributed by atoms with E-state index in [1.807, 2.05) is 0 Å². The first-order valence-corrected chi connectivity index (χ1v) is 4.01. The SMILES string of the molecule is CCCCCCC#CN[C]=O. The minimum absolute atomic E-state index is 0.870. The summed E-state index contributed by atoms with van der Waals surface area (Å²) in [6, 6.07) is 2.49. The second kappa shape index (κ2) is 9.03. The van der Waals surface area contributed by atoms with Crippen LogP contribution < -0.4 is 5.32 Å². The van der Waals surface area contributed by atoms with Gasteiger partial charge in [0.1, 0.15) is 0 Å². The largest absolute Gasteiger partial charge is 0.321 e. The van der Waals surface area contributed by atoms with E-state index in [2.05, 4.69) is 24.2 Å². The highest BCUT2D eigenvalue weighted by Crippen LogP contribution is 2.00. The monoisotopic (exact) mass is 152 g/mol. The molecule has 0 saturated heterocycles. The second-order valence-corrected chi connectivity index (χ2v) is 2.34. The minimum Gasteiger partial charge on any atom is -0.277 e. The van der Waals surface area contributed by atoms with E-state index in [1.54, 1.807) is 0 Å². The van der Waals surface area contributed by atoms with Gasteiger partial charge in [-0.15, -0.1) is 0 Å². The lowest BCUT2D eigenvalue weighted by atomic mass is 10.2. The topological polar surface area (TPSA) is 29.1 Å². The molecule has 0 unspecified atom stereocenters. The third kappa shape index (κ3) is 9.03. The van der Waals surface area contributed by atoms with Gasteiger partial charge in [0.2, 0.25) is 0 Å². The number of rotatable bonds is 5. The third-order valence-electron chi connectivity index (χ3n) is 1.36. The number of hydrogen-bond acceptors (Lipinski definition) is 1. The molecule has 0 bridgehead atoms. The second-order valence-electron chi connectivity index (χ2n) is 2.34. The number of nitrogens with one attached hydrogen (secondary N) is 1. The van der Waals surface area contributed by atoms with Crippen LogP contribution in [0.3, 0.4) is 0 Å². The zero-order valence-electron chi connectivity index (χ0n) is 6.94. The first-order chi connectivity index (χ1) is 5.41. The van der Waals surface area contributed by atoms with Crippen LogP contribution in [0.1, 0.15) is 39.0 Å². The predicted molar refractivity (Wildman–Crippen MR) is 45.4 cm³/mol. The van der Waals surface area contributed by atoms with Crippen molar-refractivity contribution in [2.75, 3.05) is 0 Å². The van der Waals surface area contributed by atoms with Crippen molar-refractivity contribution in [3.8, 4) is 12.0 Å². The molecule has 0 aromatic carbocycles. The molecule has 0 fully saturated rings. The summed E-state index contributed by atoms with van der Waals surface area (Å²) in [6.45, 7) is 2.18. The molecule has 0 spiro atoms. The fourth-order valence-corrected chi connectivity index (χ4v) is 0.772. The van der Waals surface area contributed by atoms with Gasteiger partial charge in [0.05, 0.1) is 0 Å². The Kier molecular flexibility index (Phi) is 8.23. The van der Waals surface area contributed by atoms with Crippen molar-refractivity contribution >= 4 is 6.41 Å². The van der Waals surface area contributed by atoms with Crippen LogP contribution in [-0.2, 0) is 4.79 Å². The highest BCUT2D eigenvalue weighted by atomic mass is 16.1. The molecular weight excluding hydrogens is 138 g/mol. The summed E-state index contributed by atoms with van der Waals surface area (Å²) in [5.74, 6) is 2.82. The van der Waals surface area contributed by atoms with E-state index in [0.717, 1.165) is 12.8 Å². The fourth-order valence-electron chi connectivity index (χ4n) is 0.772. The summed E-state index contributed by atoms with van der Waals surface area (Å²) in [4.78, 5) is 9.60. The lowest BCUT2D eigenvalue weighted by Gasteiger charge is -1.91. The lowest BCUT2D eigenvalue weighted by Crippen LogP contribution is -1.98. The summed E-state index contributed by atoms with van der Waals surface area (Å²) < 4.78 is 0. The zero-order valence-corrected chi connectivity index (χ0v) is 6.94. The molecule has 0 atom stereocenters. The molecule has 2 nitrogen and oxygen atoms in total. The fraction of sp³-hybridized carbons (Fsp3) is 0.667. The van der Waals surface area contributed by atoms with E-state index in [4.69, 9.17) is 0 Å². The number of amides is 1. The molecule has 1 radical (unpaired) electrons. The van der Waals surface area contributed by atoms with Gasteiger partial charge in [0, 0.05) is 12.5 Å². The van der Waals surface area contributed by atoms with Crippen LogP contribution in [0.5, 0.6) is 0 Å². The van der Waals surface area contributed by atoms with E-state index in [9.17, 15) is 4.79 Å². The van der Waals surface area contributed by atoms with Crippen LogP contribution in [0.2, 0.25) is 0 Å². The number of hydrogen-bond donors (Lipinski definition) is 1. The molecule has 1 amide bonds. The van der Waals surface area contributed by atoms with Gasteiger partial charge < -0.3 is 0 Å². The van der Waals surface area contributed by atoms with Gasteiger partial charge in [-0.1, -0.05) is 32.1 Å². The molecule has 0 aliphatic carbocycles. The Labute approximate surface area is 68.4 Å².